The number of ether oxygens (including phenoxy) is 2. The van der Waals surface area contributed by atoms with Crippen molar-refractivity contribution < 1.29 is 27.4 Å². The van der Waals surface area contributed by atoms with E-state index in [0.29, 0.717) is 73.3 Å². The van der Waals surface area contributed by atoms with E-state index in [9.17, 15) is 18.0 Å². The summed E-state index contributed by atoms with van der Waals surface area (Å²) in [6, 6.07) is 6.65. The van der Waals surface area contributed by atoms with Crippen LogP contribution in [0.2, 0.25) is 0 Å². The molecule has 1 atom stereocenters. The van der Waals surface area contributed by atoms with Crippen molar-refractivity contribution in [1.29, 1.82) is 0 Å². The quantitative estimate of drug-likeness (QED) is 0.514. The summed E-state index contributed by atoms with van der Waals surface area (Å²) < 4.78 is 50.5. The number of benzene rings is 1. The van der Waals surface area contributed by atoms with Crippen molar-refractivity contribution in [3.8, 4) is 5.88 Å². The Hall–Kier alpha value is -3.67. The van der Waals surface area contributed by atoms with Gasteiger partial charge in [0, 0.05) is 31.6 Å². The summed E-state index contributed by atoms with van der Waals surface area (Å²) in [6.45, 7) is 6.87. The zero-order valence-corrected chi connectivity index (χ0v) is 21.4. The van der Waals surface area contributed by atoms with Gasteiger partial charge >= 0.3 is 6.18 Å². The summed E-state index contributed by atoms with van der Waals surface area (Å²) in [7, 11) is 1.55. The van der Waals surface area contributed by atoms with E-state index in [1.165, 1.54) is 6.07 Å². The minimum Gasteiger partial charge on any atom is -0.480 e. The van der Waals surface area contributed by atoms with Crippen molar-refractivity contribution >= 4 is 28.3 Å². The van der Waals surface area contributed by atoms with Crippen LogP contribution in [0.15, 0.2) is 30.3 Å². The number of carbonyl (C=O) groups is 1. The second kappa shape index (κ2) is 10.2. The minimum atomic E-state index is -4.43. The van der Waals surface area contributed by atoms with Gasteiger partial charge in [-0.1, -0.05) is 12.1 Å². The van der Waals surface area contributed by atoms with Crippen molar-refractivity contribution in [2.75, 3.05) is 56.7 Å². The number of halogens is 3. The fourth-order valence-corrected chi connectivity index (χ4v) is 4.73. The van der Waals surface area contributed by atoms with E-state index in [1.807, 2.05) is 11.0 Å². The summed E-state index contributed by atoms with van der Waals surface area (Å²) in [5.74, 6) is 0.913. The maximum Gasteiger partial charge on any atom is 0.416 e. The highest BCUT2D eigenvalue weighted by atomic mass is 19.4. The monoisotopic (exact) mass is 530 g/mol. The highest BCUT2D eigenvalue weighted by Gasteiger charge is 2.33. The molecule has 0 spiro atoms. The van der Waals surface area contributed by atoms with Crippen LogP contribution in [0.3, 0.4) is 0 Å². The van der Waals surface area contributed by atoms with E-state index in [2.05, 4.69) is 20.4 Å². The molecule has 0 unspecified atom stereocenters. The van der Waals surface area contributed by atoms with Crippen molar-refractivity contribution in [3.63, 3.8) is 0 Å². The molecule has 9 nitrogen and oxygen atoms in total. The van der Waals surface area contributed by atoms with Gasteiger partial charge in [-0.05, 0) is 37.6 Å². The molecule has 5 rings (SSSR count). The number of hydrogen-bond acceptors (Lipinski definition) is 8. The molecule has 2 fully saturated rings. The van der Waals surface area contributed by atoms with Gasteiger partial charge in [0.25, 0.3) is 0 Å². The summed E-state index contributed by atoms with van der Waals surface area (Å²) in [5.41, 5.74) is 1.69. The number of piperazine rings is 1. The lowest BCUT2D eigenvalue weighted by molar-refractivity contribution is -0.150. The molecule has 2 aliphatic rings. The van der Waals surface area contributed by atoms with Crippen LogP contribution in [0, 0.1) is 12.8 Å². The zero-order valence-electron chi connectivity index (χ0n) is 21.4. The molecule has 0 aliphatic carbocycles. The molecule has 202 valence electrons. The molecular weight excluding hydrogens is 501 g/mol. The Labute approximate surface area is 217 Å². The van der Waals surface area contributed by atoms with Gasteiger partial charge in [-0.2, -0.15) is 18.3 Å². The average Bonchev–Trinajstić information content (AvgIpc) is 2.88. The third-order valence-corrected chi connectivity index (χ3v) is 7.05. The number of alkyl halides is 3. The van der Waals surface area contributed by atoms with E-state index in [0.717, 1.165) is 17.8 Å². The van der Waals surface area contributed by atoms with Gasteiger partial charge in [-0.25, -0.2) is 4.98 Å². The number of methoxy groups -OCH3 is 1. The van der Waals surface area contributed by atoms with Crippen molar-refractivity contribution in [2.24, 2.45) is 5.92 Å². The van der Waals surface area contributed by atoms with E-state index in [4.69, 9.17) is 14.5 Å². The maximum atomic E-state index is 13.2. The van der Waals surface area contributed by atoms with Gasteiger partial charge in [0.05, 0.1) is 43.5 Å². The Morgan fingerprint density at radius 3 is 2.53 bits per heavy atom. The first-order valence-electron chi connectivity index (χ1n) is 12.4. The number of fused-ring (bicyclic) bond motifs is 1. The Morgan fingerprint density at radius 2 is 1.89 bits per heavy atom. The SMILES string of the molecule is COc1nc2c(C)nnc(N[C@H](C)c3cccc(C(F)(F)F)c3)c2cc1N1CCN(C(=O)C2COC2)CC1. The molecular formula is C26H29F3N6O3. The molecule has 1 amide bonds. The van der Waals surface area contributed by atoms with Gasteiger partial charge in [-0.3, -0.25) is 4.79 Å². The highest BCUT2D eigenvalue weighted by molar-refractivity contribution is 5.94. The van der Waals surface area contributed by atoms with Crippen LogP contribution in [-0.4, -0.2) is 72.5 Å². The number of hydrogen-bond donors (Lipinski definition) is 1. The minimum absolute atomic E-state index is 0.0487. The van der Waals surface area contributed by atoms with Crippen LogP contribution in [-0.2, 0) is 15.7 Å². The smallest absolute Gasteiger partial charge is 0.416 e. The zero-order chi connectivity index (χ0) is 27.0. The second-order valence-electron chi connectivity index (χ2n) is 9.58. The molecule has 1 N–H and O–H groups in total. The van der Waals surface area contributed by atoms with Crippen molar-refractivity contribution in [2.45, 2.75) is 26.1 Å². The summed E-state index contributed by atoms with van der Waals surface area (Å²) in [6.07, 6.45) is -4.43. The molecule has 1 aromatic carbocycles. The fraction of sp³-hybridized carbons (Fsp3) is 0.462. The molecule has 0 saturated carbocycles. The number of nitrogens with zero attached hydrogens (tertiary/aromatic N) is 5. The lowest BCUT2D eigenvalue weighted by atomic mass is 10.0. The standard InChI is InChI=1S/C26H29F3N6O3/c1-15(17-5-4-6-19(11-17)26(27,28)29)30-23-20-12-21(24(37-3)31-22(20)16(2)32-33-23)34-7-9-35(10-8-34)25(36)18-13-38-14-18/h4-6,11-12,15,18H,7-10,13-14H2,1-3H3,(H,30,33)/t15-/m1/s1. The Bertz CT molecular complexity index is 1340. The van der Waals surface area contributed by atoms with Crippen molar-refractivity contribution in [3.05, 3.63) is 47.2 Å². The van der Waals surface area contributed by atoms with Crippen LogP contribution in [0.4, 0.5) is 24.7 Å². The number of aromatic nitrogens is 3. The predicted octanol–water partition coefficient (Wildman–Crippen LogP) is 3.83. The largest absolute Gasteiger partial charge is 0.480 e. The van der Waals surface area contributed by atoms with Gasteiger partial charge in [0.1, 0.15) is 11.2 Å². The summed E-state index contributed by atoms with van der Waals surface area (Å²) in [5, 5.41) is 12.4. The van der Waals surface area contributed by atoms with Crippen LogP contribution in [0.1, 0.15) is 29.8 Å². The number of aryl methyl sites for hydroxylation is 1. The lowest BCUT2D eigenvalue weighted by Gasteiger charge is -2.39. The molecule has 3 aromatic rings. The van der Waals surface area contributed by atoms with E-state index < -0.39 is 17.8 Å². The number of carbonyl (C=O) groups excluding carboxylic acids is 1. The van der Waals surface area contributed by atoms with Crippen LogP contribution in [0.5, 0.6) is 5.88 Å². The molecule has 12 heteroatoms. The van der Waals surface area contributed by atoms with Gasteiger partial charge in [0.2, 0.25) is 11.8 Å². The first-order valence-corrected chi connectivity index (χ1v) is 12.4. The molecule has 0 radical (unpaired) electrons. The molecule has 2 aliphatic heterocycles. The topological polar surface area (TPSA) is 92.7 Å². The number of nitrogens with one attached hydrogen (secondary N) is 1. The van der Waals surface area contributed by atoms with Crippen LogP contribution in [0.25, 0.3) is 10.9 Å². The number of rotatable bonds is 6. The normalized spacial score (nSPS) is 17.3. The average molecular weight is 531 g/mol. The Balaban J connectivity index is 1.42. The fourth-order valence-electron chi connectivity index (χ4n) is 4.73. The third-order valence-electron chi connectivity index (χ3n) is 7.05. The Kier molecular flexibility index (Phi) is 6.99. The first kappa shape index (κ1) is 26.0. The Morgan fingerprint density at radius 1 is 1.16 bits per heavy atom. The summed E-state index contributed by atoms with van der Waals surface area (Å²) in [4.78, 5) is 21.3. The third kappa shape index (κ3) is 5.04. The predicted molar refractivity (Wildman–Crippen MR) is 135 cm³/mol. The summed E-state index contributed by atoms with van der Waals surface area (Å²) >= 11 is 0. The maximum absolute atomic E-state index is 13.2. The van der Waals surface area contributed by atoms with Gasteiger partial charge in [0.15, 0.2) is 5.82 Å². The van der Waals surface area contributed by atoms with E-state index in [1.54, 1.807) is 27.0 Å². The lowest BCUT2D eigenvalue weighted by Crippen LogP contribution is -2.53. The number of anilines is 2. The van der Waals surface area contributed by atoms with Crippen LogP contribution >= 0.6 is 0 Å². The second-order valence-corrected chi connectivity index (χ2v) is 9.58. The van der Waals surface area contributed by atoms with E-state index >= 15 is 0 Å². The first-order chi connectivity index (χ1) is 18.2. The van der Waals surface area contributed by atoms with Gasteiger partial charge < -0.3 is 24.6 Å². The van der Waals surface area contributed by atoms with Gasteiger partial charge in [-0.15, -0.1) is 5.10 Å². The molecule has 0 bridgehead atoms. The molecule has 2 aromatic heterocycles. The van der Waals surface area contributed by atoms with Crippen molar-refractivity contribution in [1.82, 2.24) is 20.1 Å². The number of amides is 1. The molecule has 2 saturated heterocycles. The number of pyridine rings is 1. The molecule has 4 heterocycles. The molecule has 38 heavy (non-hydrogen) atoms. The van der Waals surface area contributed by atoms with Crippen LogP contribution < -0.4 is 15.0 Å². The highest BCUT2D eigenvalue weighted by Crippen LogP contribution is 2.36. The van der Waals surface area contributed by atoms with E-state index in [-0.39, 0.29) is 11.8 Å².